The van der Waals surface area contributed by atoms with Crippen molar-refractivity contribution in [2.24, 2.45) is 0 Å². The van der Waals surface area contributed by atoms with Gasteiger partial charge in [-0.3, -0.25) is 20.2 Å². The zero-order chi connectivity index (χ0) is 30.5. The lowest BCUT2D eigenvalue weighted by molar-refractivity contribution is -0.384. The number of nitrogens with zero attached hydrogens (tertiary/aromatic N) is 3. The van der Waals surface area contributed by atoms with Crippen molar-refractivity contribution < 1.29 is 40.8 Å². The van der Waals surface area contributed by atoms with Crippen LogP contribution in [0.25, 0.3) is 0 Å². The Morgan fingerprint density at radius 2 is 1.67 bits per heavy atom. The Kier molecular flexibility index (Phi) is 9.55. The van der Waals surface area contributed by atoms with Crippen LogP contribution in [0.4, 0.5) is 10.8 Å². The molecule has 1 N–H and O–H groups in total. The second-order valence-corrected chi connectivity index (χ2v) is 14.2. The monoisotopic (exact) mass is 638 g/mol. The van der Waals surface area contributed by atoms with E-state index in [9.17, 15) is 36.5 Å². The Hall–Kier alpha value is -3.93. The quantitative estimate of drug-likeness (QED) is 0.195. The summed E-state index contributed by atoms with van der Waals surface area (Å²) in [5.41, 5.74) is -0.462. The van der Waals surface area contributed by atoms with Crippen LogP contribution in [0.15, 0.2) is 62.7 Å². The van der Waals surface area contributed by atoms with Gasteiger partial charge in [0.15, 0.2) is 11.7 Å². The molecular formula is C25H26N4O10S3. The number of hydrogen-bond acceptors (Lipinski definition) is 12. The van der Waals surface area contributed by atoms with Crippen molar-refractivity contribution in [3.05, 3.63) is 64.3 Å². The van der Waals surface area contributed by atoms with Crippen LogP contribution in [-0.2, 0) is 29.4 Å². The predicted octanol–water partition coefficient (Wildman–Crippen LogP) is 3.25. The molecule has 0 aliphatic carbocycles. The van der Waals surface area contributed by atoms with E-state index in [1.807, 2.05) is 0 Å². The number of rotatable bonds is 10. The molecule has 4 rings (SSSR count). The molecule has 2 heterocycles. The Balaban J connectivity index is 1.41. The fourth-order valence-corrected chi connectivity index (χ4v) is 8.10. The molecular weight excluding hydrogens is 612 g/mol. The Morgan fingerprint density at radius 3 is 2.29 bits per heavy atom. The van der Waals surface area contributed by atoms with E-state index in [-0.39, 0.29) is 36.1 Å². The first-order chi connectivity index (χ1) is 19.9. The molecule has 42 heavy (non-hydrogen) atoms. The van der Waals surface area contributed by atoms with E-state index in [4.69, 9.17) is 9.47 Å². The average Bonchev–Trinajstić information content (AvgIpc) is 3.27. The summed E-state index contributed by atoms with van der Waals surface area (Å²) in [5, 5.41) is 13.1. The van der Waals surface area contributed by atoms with E-state index in [0.29, 0.717) is 24.4 Å². The summed E-state index contributed by atoms with van der Waals surface area (Å²) in [7, 11) is -6.63. The van der Waals surface area contributed by atoms with Gasteiger partial charge in [0.05, 0.1) is 28.0 Å². The van der Waals surface area contributed by atoms with Crippen LogP contribution in [0.5, 0.6) is 5.75 Å². The van der Waals surface area contributed by atoms with Gasteiger partial charge in [-0.25, -0.2) is 26.6 Å². The number of carbonyl (C=O) groups excluding carboxylic acids is 2. The van der Waals surface area contributed by atoms with E-state index >= 15 is 0 Å². The van der Waals surface area contributed by atoms with Crippen LogP contribution in [0.2, 0.25) is 0 Å². The van der Waals surface area contributed by atoms with E-state index in [1.54, 1.807) is 0 Å². The summed E-state index contributed by atoms with van der Waals surface area (Å²) < 4.78 is 63.4. The zero-order valence-electron chi connectivity index (χ0n) is 22.2. The number of esters is 1. The van der Waals surface area contributed by atoms with Crippen LogP contribution in [0.1, 0.15) is 36.0 Å². The predicted molar refractivity (Wildman–Crippen MR) is 150 cm³/mol. The van der Waals surface area contributed by atoms with E-state index < -0.39 is 43.3 Å². The molecule has 224 valence electrons. The number of ether oxygens (including phenoxy) is 2. The normalized spacial score (nSPS) is 14.5. The van der Waals surface area contributed by atoms with Crippen LogP contribution in [-0.4, -0.2) is 69.7 Å². The summed E-state index contributed by atoms with van der Waals surface area (Å²) in [5.74, 6) is -1.78. The van der Waals surface area contributed by atoms with E-state index in [0.717, 1.165) is 62.2 Å². The van der Waals surface area contributed by atoms with Gasteiger partial charge >= 0.3 is 5.97 Å². The minimum Gasteiger partial charge on any atom is -0.496 e. The molecule has 2 aromatic carbocycles. The van der Waals surface area contributed by atoms with Gasteiger partial charge in [-0.2, -0.15) is 4.31 Å². The van der Waals surface area contributed by atoms with Crippen molar-refractivity contribution in [1.29, 1.82) is 0 Å². The molecule has 0 saturated carbocycles. The summed E-state index contributed by atoms with van der Waals surface area (Å²) in [6, 6.07) is 8.12. The zero-order valence-corrected chi connectivity index (χ0v) is 24.7. The number of nitro benzene ring substituents is 1. The van der Waals surface area contributed by atoms with Crippen LogP contribution < -0.4 is 10.1 Å². The largest absolute Gasteiger partial charge is 0.496 e. The van der Waals surface area contributed by atoms with Crippen LogP contribution >= 0.6 is 11.3 Å². The SMILES string of the molecule is COc1ccc(S(=O)(=O)N2CCCCCC2)cc1C(=O)OCC(=O)Nc1ncc(S(=O)(=O)c2ccc([N+](=O)[O-])cc2)s1. The number of nitro groups is 1. The fourth-order valence-electron chi connectivity index (χ4n) is 4.11. The number of carbonyl (C=O) groups is 2. The van der Waals surface area contributed by atoms with Gasteiger partial charge in [0.2, 0.25) is 19.9 Å². The van der Waals surface area contributed by atoms with Crippen molar-refractivity contribution in [3.63, 3.8) is 0 Å². The Morgan fingerprint density at radius 1 is 1.02 bits per heavy atom. The van der Waals surface area contributed by atoms with Crippen LogP contribution in [0, 0.1) is 10.1 Å². The summed E-state index contributed by atoms with van der Waals surface area (Å²) >= 11 is 0.633. The van der Waals surface area contributed by atoms with Gasteiger partial charge in [-0.1, -0.05) is 24.2 Å². The molecule has 0 radical (unpaired) electrons. The highest BCUT2D eigenvalue weighted by Crippen LogP contribution is 2.30. The topological polar surface area (TPSA) is 192 Å². The molecule has 1 aromatic heterocycles. The minimum atomic E-state index is -4.06. The maximum absolute atomic E-state index is 13.2. The van der Waals surface area contributed by atoms with Gasteiger partial charge < -0.3 is 9.47 Å². The first kappa shape index (κ1) is 31.0. The third kappa shape index (κ3) is 6.92. The number of thiazole rings is 1. The number of aromatic nitrogens is 1. The number of sulfone groups is 1. The highest BCUT2D eigenvalue weighted by atomic mass is 32.2. The third-order valence-electron chi connectivity index (χ3n) is 6.28. The van der Waals surface area contributed by atoms with Gasteiger partial charge in [0.1, 0.15) is 15.5 Å². The summed E-state index contributed by atoms with van der Waals surface area (Å²) in [6.07, 6.45) is 4.37. The molecule has 0 atom stereocenters. The number of benzene rings is 2. The van der Waals surface area contributed by atoms with Crippen molar-refractivity contribution >= 4 is 53.9 Å². The number of methoxy groups -OCH3 is 1. The summed E-state index contributed by atoms with van der Waals surface area (Å²) in [6.45, 7) is -0.0287. The first-order valence-electron chi connectivity index (χ1n) is 12.5. The lowest BCUT2D eigenvalue weighted by atomic mass is 10.2. The van der Waals surface area contributed by atoms with Crippen molar-refractivity contribution in [2.75, 3.05) is 32.1 Å². The molecule has 1 aliphatic heterocycles. The van der Waals surface area contributed by atoms with Gasteiger partial charge in [-0.15, -0.1) is 0 Å². The molecule has 17 heteroatoms. The smallest absolute Gasteiger partial charge is 0.342 e. The van der Waals surface area contributed by atoms with Crippen LogP contribution in [0.3, 0.4) is 0 Å². The van der Waals surface area contributed by atoms with Gasteiger partial charge in [0, 0.05) is 25.2 Å². The number of anilines is 1. The highest BCUT2D eigenvalue weighted by molar-refractivity contribution is 7.93. The molecule has 14 nitrogen and oxygen atoms in total. The second-order valence-electron chi connectivity index (χ2n) is 9.04. The number of sulfonamides is 1. The Labute approximate surface area is 245 Å². The number of amides is 1. The maximum Gasteiger partial charge on any atom is 0.342 e. The fraction of sp³-hybridized carbons (Fsp3) is 0.320. The van der Waals surface area contributed by atoms with E-state index in [1.165, 1.54) is 23.5 Å². The molecule has 1 saturated heterocycles. The minimum absolute atomic E-state index is 0.0521. The lowest BCUT2D eigenvalue weighted by Gasteiger charge is -2.20. The molecule has 3 aromatic rings. The Bertz CT molecular complexity index is 1700. The molecule has 0 bridgehead atoms. The molecule has 1 fully saturated rings. The lowest BCUT2D eigenvalue weighted by Crippen LogP contribution is -2.32. The number of hydrogen-bond donors (Lipinski definition) is 1. The van der Waals surface area contributed by atoms with Gasteiger partial charge in [-0.05, 0) is 43.2 Å². The van der Waals surface area contributed by atoms with Crippen molar-refractivity contribution in [2.45, 2.75) is 39.7 Å². The van der Waals surface area contributed by atoms with Gasteiger partial charge in [0.25, 0.3) is 11.6 Å². The van der Waals surface area contributed by atoms with Crippen molar-refractivity contribution in [3.8, 4) is 5.75 Å². The average molecular weight is 639 g/mol. The molecule has 0 spiro atoms. The van der Waals surface area contributed by atoms with Crippen molar-refractivity contribution in [1.82, 2.24) is 9.29 Å². The van der Waals surface area contributed by atoms with E-state index in [2.05, 4.69) is 10.3 Å². The molecule has 1 aliphatic rings. The standard InChI is InChI=1S/C25H26N4O10S3/c1-38-21-11-10-19(42(36,37)28-12-4-2-3-5-13-28)14-20(21)24(31)39-16-22(30)27-25-26-15-23(40-25)41(34,35)18-8-6-17(7-9-18)29(32)33/h6-11,14-15H,2-5,12-13,16H2,1H3,(H,26,27,30). The number of non-ortho nitro benzene ring substituents is 1. The second kappa shape index (κ2) is 12.9. The maximum atomic E-state index is 13.2. The first-order valence-corrected chi connectivity index (χ1v) is 16.3. The number of nitrogens with one attached hydrogen (secondary N) is 1. The molecule has 0 unspecified atom stereocenters. The molecule has 1 amide bonds. The highest BCUT2D eigenvalue weighted by Gasteiger charge is 2.28. The third-order valence-corrected chi connectivity index (χ3v) is 11.3. The summed E-state index contributed by atoms with van der Waals surface area (Å²) in [4.78, 5) is 39.0.